The number of benzene rings is 1. The Hall–Kier alpha value is -1.69. The van der Waals surface area contributed by atoms with E-state index in [1.165, 1.54) is 5.56 Å². The smallest absolute Gasteiger partial charge is 0.140 e. The molecular formula is C15H18N2O3. The van der Waals surface area contributed by atoms with E-state index in [0.717, 1.165) is 18.5 Å². The van der Waals surface area contributed by atoms with Crippen molar-refractivity contribution in [3.63, 3.8) is 0 Å². The molecule has 5 nitrogen and oxygen atoms in total. The van der Waals surface area contributed by atoms with Gasteiger partial charge in [0, 0.05) is 6.20 Å². The van der Waals surface area contributed by atoms with Crippen LogP contribution in [-0.4, -0.2) is 37.1 Å². The van der Waals surface area contributed by atoms with Crippen LogP contribution < -0.4 is 0 Å². The van der Waals surface area contributed by atoms with Gasteiger partial charge in [0.25, 0.3) is 0 Å². The summed E-state index contributed by atoms with van der Waals surface area (Å²) in [6.07, 6.45) is 0.252. The zero-order valence-corrected chi connectivity index (χ0v) is 11.1. The molecule has 106 valence electrons. The quantitative estimate of drug-likeness (QED) is 0.759. The van der Waals surface area contributed by atoms with Crippen LogP contribution in [0.5, 0.6) is 0 Å². The summed E-state index contributed by atoms with van der Waals surface area (Å²) >= 11 is 0. The van der Waals surface area contributed by atoms with E-state index in [4.69, 9.17) is 0 Å². The van der Waals surface area contributed by atoms with Gasteiger partial charge in [-0.25, -0.2) is 4.98 Å². The molecule has 0 radical (unpaired) electrons. The van der Waals surface area contributed by atoms with Gasteiger partial charge in [0.2, 0.25) is 0 Å². The maximum Gasteiger partial charge on any atom is 0.140 e. The van der Waals surface area contributed by atoms with E-state index in [0.29, 0.717) is 5.82 Å². The SMILES string of the molecule is O[C@H]1[C@H](O)Cn2cc(CCc3ccccc3)nc2[C@@H]1O. The largest absolute Gasteiger partial charge is 0.388 e. The van der Waals surface area contributed by atoms with E-state index >= 15 is 0 Å². The van der Waals surface area contributed by atoms with Crippen LogP contribution in [0.1, 0.15) is 23.2 Å². The minimum Gasteiger partial charge on any atom is -0.388 e. The molecule has 3 atom stereocenters. The molecule has 3 rings (SSSR count). The standard InChI is InChI=1S/C15H18N2O3/c18-12-9-17-8-11(16-15(17)14(20)13(12)19)7-6-10-4-2-1-3-5-10/h1-5,8,12-14,18-20H,6-7,9H2/t12-,13+,14-/m1/s1. The highest BCUT2D eigenvalue weighted by Crippen LogP contribution is 2.25. The molecule has 2 heterocycles. The molecule has 0 unspecified atom stereocenters. The van der Waals surface area contributed by atoms with Gasteiger partial charge in [-0.1, -0.05) is 30.3 Å². The predicted octanol–water partition coefficient (Wildman–Crippen LogP) is 0.437. The summed E-state index contributed by atoms with van der Waals surface area (Å²) in [5.74, 6) is 0.436. The molecule has 3 N–H and O–H groups in total. The number of rotatable bonds is 3. The second kappa shape index (κ2) is 5.36. The third-order valence-corrected chi connectivity index (χ3v) is 3.74. The van der Waals surface area contributed by atoms with Crippen LogP contribution in [0.4, 0.5) is 0 Å². The lowest BCUT2D eigenvalue weighted by molar-refractivity contribution is -0.0854. The van der Waals surface area contributed by atoms with Gasteiger partial charge < -0.3 is 19.9 Å². The number of aromatic nitrogens is 2. The molecule has 1 aromatic heterocycles. The van der Waals surface area contributed by atoms with Crippen LogP contribution in [0.15, 0.2) is 36.5 Å². The van der Waals surface area contributed by atoms with Gasteiger partial charge in [0.15, 0.2) is 0 Å². The Balaban J connectivity index is 1.74. The molecular weight excluding hydrogens is 256 g/mol. The predicted molar refractivity (Wildman–Crippen MR) is 73.1 cm³/mol. The van der Waals surface area contributed by atoms with E-state index in [1.54, 1.807) is 4.57 Å². The number of aliphatic hydroxyl groups is 3. The van der Waals surface area contributed by atoms with Gasteiger partial charge in [-0.05, 0) is 18.4 Å². The molecule has 0 amide bonds. The average Bonchev–Trinajstić information content (AvgIpc) is 2.87. The Morgan fingerprint density at radius 2 is 1.85 bits per heavy atom. The van der Waals surface area contributed by atoms with Crippen molar-refractivity contribution in [3.8, 4) is 0 Å². The molecule has 20 heavy (non-hydrogen) atoms. The highest BCUT2D eigenvalue weighted by atomic mass is 16.4. The van der Waals surface area contributed by atoms with E-state index in [2.05, 4.69) is 17.1 Å². The van der Waals surface area contributed by atoms with Crippen molar-refractivity contribution >= 4 is 0 Å². The molecule has 0 saturated carbocycles. The summed E-state index contributed by atoms with van der Waals surface area (Å²) < 4.78 is 1.72. The van der Waals surface area contributed by atoms with Crippen LogP contribution in [-0.2, 0) is 19.4 Å². The maximum absolute atomic E-state index is 9.91. The summed E-state index contributed by atoms with van der Waals surface area (Å²) in [6, 6.07) is 10.1. The monoisotopic (exact) mass is 274 g/mol. The summed E-state index contributed by atoms with van der Waals surface area (Å²) in [7, 11) is 0. The highest BCUT2D eigenvalue weighted by molar-refractivity contribution is 5.17. The molecule has 1 aliphatic heterocycles. The normalized spacial score (nSPS) is 25.4. The summed E-state index contributed by atoms with van der Waals surface area (Å²) in [4.78, 5) is 4.37. The Morgan fingerprint density at radius 3 is 2.60 bits per heavy atom. The second-order valence-corrected chi connectivity index (χ2v) is 5.23. The van der Waals surface area contributed by atoms with Gasteiger partial charge in [-0.2, -0.15) is 0 Å². The third kappa shape index (κ3) is 2.47. The van der Waals surface area contributed by atoms with Gasteiger partial charge in [-0.15, -0.1) is 0 Å². The number of hydrogen-bond donors (Lipinski definition) is 3. The molecule has 1 aliphatic rings. The fraction of sp³-hybridized carbons (Fsp3) is 0.400. The molecule has 0 saturated heterocycles. The van der Waals surface area contributed by atoms with Crippen molar-refractivity contribution in [2.45, 2.75) is 37.7 Å². The summed E-state index contributed by atoms with van der Waals surface area (Å²) in [5, 5.41) is 29.2. The third-order valence-electron chi connectivity index (χ3n) is 3.74. The fourth-order valence-corrected chi connectivity index (χ4v) is 2.58. The Bertz CT molecular complexity index is 582. The van der Waals surface area contributed by atoms with Crippen molar-refractivity contribution < 1.29 is 15.3 Å². The maximum atomic E-state index is 9.91. The van der Waals surface area contributed by atoms with E-state index in [1.807, 2.05) is 24.4 Å². The van der Waals surface area contributed by atoms with E-state index in [-0.39, 0.29) is 6.54 Å². The first-order valence-corrected chi connectivity index (χ1v) is 6.79. The molecule has 0 spiro atoms. The first-order chi connectivity index (χ1) is 9.65. The van der Waals surface area contributed by atoms with E-state index in [9.17, 15) is 15.3 Å². The van der Waals surface area contributed by atoms with Crippen LogP contribution >= 0.6 is 0 Å². The Morgan fingerprint density at radius 1 is 1.10 bits per heavy atom. The molecule has 1 aromatic carbocycles. The lowest BCUT2D eigenvalue weighted by Gasteiger charge is -2.28. The first kappa shape index (κ1) is 13.3. The van der Waals surface area contributed by atoms with Crippen LogP contribution in [0.3, 0.4) is 0 Å². The summed E-state index contributed by atoms with van der Waals surface area (Å²) in [6.45, 7) is 0.270. The Labute approximate surface area is 117 Å². The first-order valence-electron chi connectivity index (χ1n) is 6.79. The number of aryl methyl sites for hydroxylation is 2. The highest BCUT2D eigenvalue weighted by Gasteiger charge is 2.34. The van der Waals surface area contributed by atoms with Crippen LogP contribution in [0.2, 0.25) is 0 Å². The Kier molecular flexibility index (Phi) is 3.56. The van der Waals surface area contributed by atoms with Crippen LogP contribution in [0, 0.1) is 0 Å². The zero-order chi connectivity index (χ0) is 14.1. The van der Waals surface area contributed by atoms with Crippen molar-refractivity contribution in [1.82, 2.24) is 9.55 Å². The molecule has 0 bridgehead atoms. The van der Waals surface area contributed by atoms with Crippen molar-refractivity contribution in [2.24, 2.45) is 0 Å². The average molecular weight is 274 g/mol. The summed E-state index contributed by atoms with van der Waals surface area (Å²) in [5.41, 5.74) is 2.10. The minimum atomic E-state index is -1.16. The number of aliphatic hydroxyl groups excluding tert-OH is 3. The molecule has 2 aromatic rings. The molecule has 5 heteroatoms. The minimum absolute atomic E-state index is 0.270. The van der Waals surface area contributed by atoms with Crippen molar-refractivity contribution in [2.75, 3.05) is 0 Å². The van der Waals surface area contributed by atoms with Gasteiger partial charge in [-0.3, -0.25) is 0 Å². The van der Waals surface area contributed by atoms with Crippen LogP contribution in [0.25, 0.3) is 0 Å². The molecule has 0 fully saturated rings. The van der Waals surface area contributed by atoms with Gasteiger partial charge >= 0.3 is 0 Å². The van der Waals surface area contributed by atoms with Crippen molar-refractivity contribution in [1.29, 1.82) is 0 Å². The number of imidazole rings is 1. The molecule has 0 aliphatic carbocycles. The lowest BCUT2D eigenvalue weighted by atomic mass is 10.0. The lowest BCUT2D eigenvalue weighted by Crippen LogP contribution is -2.41. The van der Waals surface area contributed by atoms with Gasteiger partial charge in [0.05, 0.1) is 12.2 Å². The topological polar surface area (TPSA) is 78.5 Å². The number of nitrogens with zero attached hydrogens (tertiary/aromatic N) is 2. The second-order valence-electron chi connectivity index (χ2n) is 5.23. The number of hydrogen-bond acceptors (Lipinski definition) is 4. The van der Waals surface area contributed by atoms with Crippen molar-refractivity contribution in [3.05, 3.63) is 53.6 Å². The zero-order valence-electron chi connectivity index (χ0n) is 11.1. The van der Waals surface area contributed by atoms with E-state index < -0.39 is 18.3 Å². The van der Waals surface area contributed by atoms with Gasteiger partial charge in [0.1, 0.15) is 24.1 Å². The number of fused-ring (bicyclic) bond motifs is 1. The fourth-order valence-electron chi connectivity index (χ4n) is 2.58.